The summed E-state index contributed by atoms with van der Waals surface area (Å²) in [7, 11) is 0. The standard InChI is InChI=1S/C18H20ClNOS/c1-12-4-9-17(13(2)10-12)20-18(21)11-22-14(3)15-5-7-16(19)8-6-15/h4-10,14H,11H2,1-3H3,(H,20,21). The lowest BCUT2D eigenvalue weighted by Crippen LogP contribution is -2.15. The molecule has 116 valence electrons. The molecule has 0 aliphatic carbocycles. The second-order valence-corrected chi connectivity index (χ2v) is 7.14. The fourth-order valence-electron chi connectivity index (χ4n) is 2.17. The van der Waals surface area contributed by atoms with Gasteiger partial charge in [0.2, 0.25) is 5.91 Å². The predicted molar refractivity (Wildman–Crippen MR) is 96.9 cm³/mol. The van der Waals surface area contributed by atoms with Crippen LogP contribution >= 0.6 is 23.4 Å². The number of rotatable bonds is 5. The Kier molecular flexibility index (Phi) is 5.92. The number of amides is 1. The maximum Gasteiger partial charge on any atom is 0.234 e. The van der Waals surface area contributed by atoms with Crippen molar-refractivity contribution < 1.29 is 4.79 Å². The molecule has 0 aromatic heterocycles. The largest absolute Gasteiger partial charge is 0.325 e. The van der Waals surface area contributed by atoms with Crippen molar-refractivity contribution in [2.45, 2.75) is 26.0 Å². The third-order valence-electron chi connectivity index (χ3n) is 3.46. The topological polar surface area (TPSA) is 29.1 Å². The fourth-order valence-corrected chi connectivity index (χ4v) is 3.12. The van der Waals surface area contributed by atoms with Gasteiger partial charge >= 0.3 is 0 Å². The first kappa shape index (κ1) is 16.9. The van der Waals surface area contributed by atoms with Crippen molar-refractivity contribution >= 4 is 35.0 Å². The highest BCUT2D eigenvalue weighted by atomic mass is 35.5. The van der Waals surface area contributed by atoms with E-state index in [1.54, 1.807) is 11.8 Å². The third kappa shape index (κ3) is 4.79. The SMILES string of the molecule is Cc1ccc(NC(=O)CSC(C)c2ccc(Cl)cc2)c(C)c1. The molecule has 0 heterocycles. The zero-order valence-electron chi connectivity index (χ0n) is 13.0. The van der Waals surface area contributed by atoms with Gasteiger partial charge in [-0.2, -0.15) is 0 Å². The van der Waals surface area contributed by atoms with Gasteiger partial charge in [0.1, 0.15) is 0 Å². The first-order chi connectivity index (χ1) is 10.5. The van der Waals surface area contributed by atoms with Crippen LogP contribution in [-0.2, 0) is 4.79 Å². The number of hydrogen-bond donors (Lipinski definition) is 1. The number of halogens is 1. The van der Waals surface area contributed by atoms with Crippen molar-refractivity contribution in [3.05, 3.63) is 64.2 Å². The molecule has 1 amide bonds. The summed E-state index contributed by atoms with van der Waals surface area (Å²) in [6.45, 7) is 6.15. The summed E-state index contributed by atoms with van der Waals surface area (Å²) in [5.41, 5.74) is 4.34. The molecule has 2 aromatic rings. The number of benzene rings is 2. The zero-order valence-corrected chi connectivity index (χ0v) is 14.6. The van der Waals surface area contributed by atoms with Crippen LogP contribution in [0.2, 0.25) is 5.02 Å². The minimum absolute atomic E-state index is 0.0257. The molecular formula is C18H20ClNOS. The lowest BCUT2D eigenvalue weighted by atomic mass is 10.1. The first-order valence-corrected chi connectivity index (χ1v) is 8.62. The van der Waals surface area contributed by atoms with Crippen LogP contribution in [0, 0.1) is 13.8 Å². The Labute approximate surface area is 141 Å². The number of nitrogens with one attached hydrogen (secondary N) is 1. The molecule has 4 heteroatoms. The van der Waals surface area contributed by atoms with Crippen LogP contribution in [0.5, 0.6) is 0 Å². The Morgan fingerprint density at radius 1 is 1.18 bits per heavy atom. The quantitative estimate of drug-likeness (QED) is 0.794. The molecule has 1 N–H and O–H groups in total. The Morgan fingerprint density at radius 2 is 1.86 bits per heavy atom. The van der Waals surface area contributed by atoms with E-state index in [0.717, 1.165) is 16.3 Å². The summed E-state index contributed by atoms with van der Waals surface area (Å²) >= 11 is 7.51. The van der Waals surface area contributed by atoms with E-state index < -0.39 is 0 Å². The Bertz CT molecular complexity index is 655. The van der Waals surface area contributed by atoms with Crippen molar-refractivity contribution in [3.8, 4) is 0 Å². The number of anilines is 1. The predicted octanol–water partition coefficient (Wildman–Crippen LogP) is 5.39. The summed E-state index contributed by atoms with van der Waals surface area (Å²) in [5, 5.41) is 3.95. The molecule has 0 saturated carbocycles. The third-order valence-corrected chi connectivity index (χ3v) is 4.91. The van der Waals surface area contributed by atoms with Gasteiger partial charge in [-0.1, -0.05) is 41.4 Å². The van der Waals surface area contributed by atoms with Gasteiger partial charge in [-0.3, -0.25) is 4.79 Å². The van der Waals surface area contributed by atoms with Crippen LogP contribution in [0.3, 0.4) is 0 Å². The monoisotopic (exact) mass is 333 g/mol. The molecule has 0 spiro atoms. The first-order valence-electron chi connectivity index (χ1n) is 7.20. The number of thioether (sulfide) groups is 1. The minimum Gasteiger partial charge on any atom is -0.325 e. The van der Waals surface area contributed by atoms with E-state index in [2.05, 4.69) is 18.3 Å². The summed E-state index contributed by atoms with van der Waals surface area (Å²) < 4.78 is 0. The van der Waals surface area contributed by atoms with Crippen LogP contribution in [-0.4, -0.2) is 11.7 Å². The maximum atomic E-state index is 12.1. The molecular weight excluding hydrogens is 314 g/mol. The summed E-state index contributed by atoms with van der Waals surface area (Å²) in [6, 6.07) is 13.8. The van der Waals surface area contributed by atoms with Gasteiger partial charge < -0.3 is 5.32 Å². The molecule has 22 heavy (non-hydrogen) atoms. The van der Waals surface area contributed by atoms with Gasteiger partial charge in [0.25, 0.3) is 0 Å². The van der Waals surface area contributed by atoms with Crippen molar-refractivity contribution in [1.82, 2.24) is 0 Å². The lowest BCUT2D eigenvalue weighted by molar-refractivity contribution is -0.113. The van der Waals surface area contributed by atoms with Crippen LogP contribution < -0.4 is 5.32 Å². The number of aryl methyl sites for hydroxylation is 2. The molecule has 0 bridgehead atoms. The average Bonchev–Trinajstić information content (AvgIpc) is 2.48. The second kappa shape index (κ2) is 7.70. The van der Waals surface area contributed by atoms with Gasteiger partial charge in [0, 0.05) is 16.0 Å². The smallest absolute Gasteiger partial charge is 0.234 e. The van der Waals surface area contributed by atoms with Crippen molar-refractivity contribution in [2.75, 3.05) is 11.1 Å². The molecule has 1 atom stereocenters. The zero-order chi connectivity index (χ0) is 16.1. The van der Waals surface area contributed by atoms with E-state index in [9.17, 15) is 4.79 Å². The minimum atomic E-state index is 0.0257. The lowest BCUT2D eigenvalue weighted by Gasteiger charge is -2.13. The van der Waals surface area contributed by atoms with Gasteiger partial charge in [-0.05, 0) is 50.1 Å². The molecule has 1 unspecified atom stereocenters. The van der Waals surface area contributed by atoms with Crippen LogP contribution in [0.15, 0.2) is 42.5 Å². The van der Waals surface area contributed by atoms with Gasteiger partial charge in [0.05, 0.1) is 5.75 Å². The van der Waals surface area contributed by atoms with E-state index in [4.69, 9.17) is 11.6 Å². The number of carbonyl (C=O) groups is 1. The summed E-state index contributed by atoms with van der Waals surface area (Å²) in [6.07, 6.45) is 0. The normalized spacial score (nSPS) is 12.0. The van der Waals surface area contributed by atoms with Gasteiger partial charge in [0.15, 0.2) is 0 Å². The van der Waals surface area contributed by atoms with Gasteiger partial charge in [-0.25, -0.2) is 0 Å². The van der Waals surface area contributed by atoms with E-state index in [1.807, 2.05) is 50.2 Å². The summed E-state index contributed by atoms with van der Waals surface area (Å²) in [4.78, 5) is 12.1. The van der Waals surface area contributed by atoms with E-state index >= 15 is 0 Å². The van der Waals surface area contributed by atoms with Crippen molar-refractivity contribution in [1.29, 1.82) is 0 Å². The highest BCUT2D eigenvalue weighted by Crippen LogP contribution is 2.29. The van der Waals surface area contributed by atoms with Crippen molar-refractivity contribution in [3.63, 3.8) is 0 Å². The molecule has 0 radical (unpaired) electrons. The number of hydrogen-bond acceptors (Lipinski definition) is 2. The molecule has 0 fully saturated rings. The van der Waals surface area contributed by atoms with E-state index in [-0.39, 0.29) is 11.2 Å². The molecule has 2 rings (SSSR count). The van der Waals surface area contributed by atoms with Crippen LogP contribution in [0.1, 0.15) is 28.9 Å². The van der Waals surface area contributed by atoms with Gasteiger partial charge in [-0.15, -0.1) is 11.8 Å². The molecule has 2 nitrogen and oxygen atoms in total. The second-order valence-electron chi connectivity index (χ2n) is 5.37. The molecule has 0 saturated heterocycles. The Morgan fingerprint density at radius 3 is 2.50 bits per heavy atom. The Hall–Kier alpha value is -1.45. The highest BCUT2D eigenvalue weighted by Gasteiger charge is 2.10. The maximum absolute atomic E-state index is 12.1. The molecule has 0 aliphatic heterocycles. The highest BCUT2D eigenvalue weighted by molar-refractivity contribution is 8.00. The fraction of sp³-hybridized carbons (Fsp3) is 0.278. The number of carbonyl (C=O) groups excluding carboxylic acids is 1. The Balaban J connectivity index is 1.88. The molecule has 0 aliphatic rings. The van der Waals surface area contributed by atoms with Crippen molar-refractivity contribution in [2.24, 2.45) is 0 Å². The van der Waals surface area contributed by atoms with E-state index in [0.29, 0.717) is 5.75 Å². The van der Waals surface area contributed by atoms with E-state index in [1.165, 1.54) is 11.1 Å². The molecule has 2 aromatic carbocycles. The van der Waals surface area contributed by atoms with Crippen LogP contribution in [0.25, 0.3) is 0 Å². The van der Waals surface area contributed by atoms with Crippen LogP contribution in [0.4, 0.5) is 5.69 Å². The summed E-state index contributed by atoms with van der Waals surface area (Å²) in [5.74, 6) is 0.453. The average molecular weight is 334 g/mol.